The van der Waals surface area contributed by atoms with E-state index in [2.05, 4.69) is 5.32 Å². The summed E-state index contributed by atoms with van der Waals surface area (Å²) in [6.45, 7) is 1.44. The molecule has 0 saturated carbocycles. The first-order valence-corrected chi connectivity index (χ1v) is 10.8. The summed E-state index contributed by atoms with van der Waals surface area (Å²) >= 11 is 0. The van der Waals surface area contributed by atoms with Crippen LogP contribution >= 0.6 is 0 Å². The van der Waals surface area contributed by atoms with E-state index in [-0.39, 0.29) is 18.2 Å². The van der Waals surface area contributed by atoms with Crippen LogP contribution in [0.5, 0.6) is 17.2 Å². The van der Waals surface area contributed by atoms with Crippen LogP contribution in [0.1, 0.15) is 33.9 Å². The second-order valence-electron chi connectivity index (χ2n) is 7.99. The van der Waals surface area contributed by atoms with Gasteiger partial charge in [0.2, 0.25) is 5.91 Å². The highest BCUT2D eigenvalue weighted by Crippen LogP contribution is 2.35. The average Bonchev–Trinajstić information content (AvgIpc) is 3.19. The standard InChI is InChI=1S/C26H24N2O5/c1-31-20-9-6-17(7-10-20)22(28-16-18-4-2-3-5-21(18)26(28)30)15-25(29)27-19-8-11-23-24(14-19)33-13-12-32-23/h2-11,14,22H,12-13,15-16H2,1H3,(H,27,29). The second kappa shape index (κ2) is 8.86. The Hall–Kier alpha value is -4.00. The summed E-state index contributed by atoms with van der Waals surface area (Å²) < 4.78 is 16.4. The van der Waals surface area contributed by atoms with Crippen molar-refractivity contribution in [1.29, 1.82) is 0 Å². The molecule has 7 heteroatoms. The van der Waals surface area contributed by atoms with E-state index in [0.717, 1.165) is 11.1 Å². The van der Waals surface area contributed by atoms with Crippen molar-refractivity contribution in [3.8, 4) is 17.2 Å². The van der Waals surface area contributed by atoms with Gasteiger partial charge in [0.05, 0.1) is 19.6 Å². The Morgan fingerprint density at radius 1 is 1.03 bits per heavy atom. The molecule has 2 heterocycles. The van der Waals surface area contributed by atoms with Crippen molar-refractivity contribution in [2.45, 2.75) is 19.0 Å². The summed E-state index contributed by atoms with van der Waals surface area (Å²) in [7, 11) is 1.61. The number of rotatable bonds is 6. The summed E-state index contributed by atoms with van der Waals surface area (Å²) in [5, 5.41) is 2.94. The molecular formula is C26H24N2O5. The smallest absolute Gasteiger partial charge is 0.255 e. The monoisotopic (exact) mass is 444 g/mol. The average molecular weight is 444 g/mol. The molecule has 0 saturated heterocycles. The Labute approximate surface area is 191 Å². The summed E-state index contributed by atoms with van der Waals surface area (Å²) in [6, 6.07) is 19.9. The fourth-order valence-corrected chi connectivity index (χ4v) is 4.27. The van der Waals surface area contributed by atoms with Gasteiger partial charge in [0.25, 0.3) is 5.91 Å². The Balaban J connectivity index is 1.38. The van der Waals surface area contributed by atoms with Gasteiger partial charge in [0, 0.05) is 23.9 Å². The third kappa shape index (κ3) is 4.22. The van der Waals surface area contributed by atoms with Crippen LogP contribution in [0, 0.1) is 0 Å². The van der Waals surface area contributed by atoms with Gasteiger partial charge in [-0.25, -0.2) is 0 Å². The minimum Gasteiger partial charge on any atom is -0.497 e. The number of nitrogens with one attached hydrogen (secondary N) is 1. The van der Waals surface area contributed by atoms with Crippen molar-refractivity contribution in [3.05, 3.63) is 83.4 Å². The number of fused-ring (bicyclic) bond motifs is 2. The van der Waals surface area contributed by atoms with Crippen LogP contribution in [0.25, 0.3) is 0 Å². The number of methoxy groups -OCH3 is 1. The van der Waals surface area contributed by atoms with Gasteiger partial charge in [-0.05, 0) is 41.5 Å². The lowest BCUT2D eigenvalue weighted by Crippen LogP contribution is -2.32. The molecule has 33 heavy (non-hydrogen) atoms. The fraction of sp³-hybridized carbons (Fsp3) is 0.231. The normalized spacial score (nSPS) is 15.1. The quantitative estimate of drug-likeness (QED) is 0.617. The van der Waals surface area contributed by atoms with E-state index in [1.54, 1.807) is 30.2 Å². The van der Waals surface area contributed by atoms with Crippen molar-refractivity contribution in [1.82, 2.24) is 4.90 Å². The van der Waals surface area contributed by atoms with Crippen molar-refractivity contribution in [2.24, 2.45) is 0 Å². The molecule has 1 N–H and O–H groups in total. The molecule has 2 aliphatic heterocycles. The molecule has 0 fully saturated rings. The molecule has 0 aromatic heterocycles. The Morgan fingerprint density at radius 3 is 2.55 bits per heavy atom. The van der Waals surface area contributed by atoms with Gasteiger partial charge in [0.1, 0.15) is 19.0 Å². The fourth-order valence-electron chi connectivity index (χ4n) is 4.27. The van der Waals surface area contributed by atoms with Gasteiger partial charge < -0.3 is 24.4 Å². The molecule has 3 aromatic rings. The van der Waals surface area contributed by atoms with E-state index in [4.69, 9.17) is 14.2 Å². The Morgan fingerprint density at radius 2 is 1.79 bits per heavy atom. The number of carbonyl (C=O) groups excluding carboxylic acids is 2. The van der Waals surface area contributed by atoms with E-state index >= 15 is 0 Å². The highest BCUT2D eigenvalue weighted by molar-refractivity contribution is 5.99. The topological polar surface area (TPSA) is 77.1 Å². The zero-order valence-corrected chi connectivity index (χ0v) is 18.2. The molecular weight excluding hydrogens is 420 g/mol. The lowest BCUT2D eigenvalue weighted by atomic mass is 10.0. The highest BCUT2D eigenvalue weighted by Gasteiger charge is 2.34. The molecule has 168 valence electrons. The highest BCUT2D eigenvalue weighted by atomic mass is 16.6. The van der Waals surface area contributed by atoms with Gasteiger partial charge >= 0.3 is 0 Å². The van der Waals surface area contributed by atoms with Gasteiger partial charge in [-0.1, -0.05) is 30.3 Å². The number of hydrogen-bond acceptors (Lipinski definition) is 5. The lowest BCUT2D eigenvalue weighted by molar-refractivity contribution is -0.117. The third-order valence-corrected chi connectivity index (χ3v) is 5.93. The van der Waals surface area contributed by atoms with Crippen LogP contribution in [0.3, 0.4) is 0 Å². The molecule has 0 radical (unpaired) electrons. The number of benzene rings is 3. The predicted molar refractivity (Wildman–Crippen MR) is 123 cm³/mol. The first-order valence-electron chi connectivity index (χ1n) is 10.8. The molecule has 1 atom stereocenters. The SMILES string of the molecule is COc1ccc(C(CC(=O)Nc2ccc3c(c2)OCCO3)N2Cc3ccccc3C2=O)cc1. The Bertz CT molecular complexity index is 1190. The van der Waals surface area contributed by atoms with Crippen molar-refractivity contribution in [2.75, 3.05) is 25.6 Å². The van der Waals surface area contributed by atoms with Gasteiger partial charge in [-0.3, -0.25) is 9.59 Å². The summed E-state index contributed by atoms with van der Waals surface area (Å²) in [5.74, 6) is 1.72. The summed E-state index contributed by atoms with van der Waals surface area (Å²) in [5.41, 5.74) is 3.14. The van der Waals surface area contributed by atoms with Crippen molar-refractivity contribution in [3.63, 3.8) is 0 Å². The van der Waals surface area contributed by atoms with Crippen molar-refractivity contribution < 1.29 is 23.8 Å². The molecule has 1 unspecified atom stereocenters. The zero-order valence-electron chi connectivity index (χ0n) is 18.2. The number of nitrogens with zero attached hydrogens (tertiary/aromatic N) is 1. The number of hydrogen-bond donors (Lipinski definition) is 1. The van der Waals surface area contributed by atoms with Crippen LogP contribution in [-0.4, -0.2) is 37.0 Å². The zero-order chi connectivity index (χ0) is 22.8. The Kier molecular flexibility index (Phi) is 5.60. The molecule has 2 aliphatic rings. The summed E-state index contributed by atoms with van der Waals surface area (Å²) in [6.07, 6.45) is 0.112. The van der Waals surface area contributed by atoms with Gasteiger partial charge in [-0.15, -0.1) is 0 Å². The lowest BCUT2D eigenvalue weighted by Gasteiger charge is -2.28. The molecule has 0 bridgehead atoms. The van der Waals surface area contributed by atoms with Crippen LogP contribution < -0.4 is 19.5 Å². The minimum absolute atomic E-state index is 0.0708. The largest absolute Gasteiger partial charge is 0.497 e. The first kappa shape index (κ1) is 20.9. The number of anilines is 1. The van der Waals surface area contributed by atoms with Crippen LogP contribution in [0.15, 0.2) is 66.7 Å². The molecule has 3 aromatic carbocycles. The third-order valence-electron chi connectivity index (χ3n) is 5.93. The second-order valence-corrected chi connectivity index (χ2v) is 7.99. The molecule has 2 amide bonds. The first-order chi connectivity index (χ1) is 16.1. The van der Waals surface area contributed by atoms with Gasteiger partial charge in [0.15, 0.2) is 11.5 Å². The van der Waals surface area contributed by atoms with Crippen LogP contribution in [0.2, 0.25) is 0 Å². The molecule has 0 spiro atoms. The maximum Gasteiger partial charge on any atom is 0.255 e. The van der Waals surface area contributed by atoms with E-state index in [9.17, 15) is 9.59 Å². The van der Waals surface area contributed by atoms with E-state index in [1.165, 1.54) is 0 Å². The predicted octanol–water partition coefficient (Wildman–Crippen LogP) is 4.19. The molecule has 7 nitrogen and oxygen atoms in total. The maximum atomic E-state index is 13.2. The summed E-state index contributed by atoms with van der Waals surface area (Å²) in [4.78, 5) is 28.0. The molecule has 0 aliphatic carbocycles. The maximum absolute atomic E-state index is 13.2. The van der Waals surface area contributed by atoms with Crippen LogP contribution in [0.4, 0.5) is 5.69 Å². The van der Waals surface area contributed by atoms with Crippen molar-refractivity contribution >= 4 is 17.5 Å². The van der Waals surface area contributed by atoms with E-state index in [1.807, 2.05) is 48.5 Å². The van der Waals surface area contributed by atoms with Gasteiger partial charge in [-0.2, -0.15) is 0 Å². The molecule has 5 rings (SSSR count). The van der Waals surface area contributed by atoms with E-state index < -0.39 is 6.04 Å². The van der Waals surface area contributed by atoms with E-state index in [0.29, 0.717) is 48.3 Å². The number of ether oxygens (including phenoxy) is 3. The number of carbonyl (C=O) groups is 2. The van der Waals surface area contributed by atoms with Crippen LogP contribution in [-0.2, 0) is 11.3 Å². The number of amides is 2. The minimum atomic E-state index is -0.423.